The Labute approximate surface area is 117 Å². The molecule has 2 rings (SSSR count). The van der Waals surface area contributed by atoms with E-state index in [1.807, 2.05) is 0 Å². The van der Waals surface area contributed by atoms with Gasteiger partial charge in [0.2, 0.25) is 0 Å². The highest BCUT2D eigenvalue weighted by atomic mass is 79.9. The number of thiazole rings is 1. The molecule has 1 saturated heterocycles. The van der Waals surface area contributed by atoms with Crippen LogP contribution in [0.2, 0.25) is 0 Å². The van der Waals surface area contributed by atoms with Gasteiger partial charge in [-0.3, -0.25) is 0 Å². The predicted octanol–water partition coefficient (Wildman–Crippen LogP) is 4.56. The third kappa shape index (κ3) is 3.44. The van der Waals surface area contributed by atoms with E-state index in [-0.39, 0.29) is 0 Å². The monoisotopic (exact) mass is 316 g/mol. The molecular formula is C13H21BrN2S. The molecule has 0 N–H and O–H groups in total. The van der Waals surface area contributed by atoms with Crippen molar-refractivity contribution in [3.05, 3.63) is 9.98 Å². The maximum Gasteiger partial charge on any atom is 0.186 e. The normalized spacial score (nSPS) is 22.6. The molecule has 1 aliphatic heterocycles. The quantitative estimate of drug-likeness (QED) is 0.755. The highest BCUT2D eigenvalue weighted by Crippen LogP contribution is 2.35. The highest BCUT2D eigenvalue weighted by molar-refractivity contribution is 9.10. The summed E-state index contributed by atoms with van der Waals surface area (Å²) in [5.74, 6) is 0.843. The second-order valence-electron chi connectivity index (χ2n) is 5.93. The molecule has 4 heteroatoms. The third-order valence-electron chi connectivity index (χ3n) is 3.69. The van der Waals surface area contributed by atoms with Crippen LogP contribution in [0.15, 0.2) is 9.98 Å². The number of halogens is 1. The molecule has 1 aromatic heterocycles. The zero-order valence-corrected chi connectivity index (χ0v) is 13.3. The topological polar surface area (TPSA) is 16.1 Å². The summed E-state index contributed by atoms with van der Waals surface area (Å²) in [7, 11) is 0. The van der Waals surface area contributed by atoms with Gasteiger partial charge in [-0.1, -0.05) is 20.8 Å². The van der Waals surface area contributed by atoms with Gasteiger partial charge in [-0.25, -0.2) is 4.98 Å². The van der Waals surface area contributed by atoms with E-state index in [9.17, 15) is 0 Å². The Bertz CT molecular complexity index is 370. The largest absolute Gasteiger partial charge is 0.348 e. The zero-order valence-electron chi connectivity index (χ0n) is 10.9. The molecule has 1 unspecified atom stereocenters. The summed E-state index contributed by atoms with van der Waals surface area (Å²) in [6.07, 6.45) is 3.94. The summed E-state index contributed by atoms with van der Waals surface area (Å²) in [5, 5.41) is 3.24. The summed E-state index contributed by atoms with van der Waals surface area (Å²) in [6, 6.07) is 0. The minimum absolute atomic E-state index is 0.444. The van der Waals surface area contributed by atoms with E-state index in [2.05, 4.69) is 52.0 Å². The highest BCUT2D eigenvalue weighted by Gasteiger charge is 2.27. The standard InChI is InChI=1S/C13H21BrN2S/c1-13(2,3)10-5-4-7-16(8-6-10)12-15-11(14)9-17-12/h9-10H,4-8H2,1-3H3. The van der Waals surface area contributed by atoms with Crippen molar-refractivity contribution in [1.82, 2.24) is 4.98 Å². The number of aromatic nitrogens is 1. The van der Waals surface area contributed by atoms with E-state index >= 15 is 0 Å². The lowest BCUT2D eigenvalue weighted by atomic mass is 9.77. The lowest BCUT2D eigenvalue weighted by Gasteiger charge is -2.29. The Hall–Kier alpha value is -0.0900. The van der Waals surface area contributed by atoms with Crippen LogP contribution >= 0.6 is 27.3 Å². The van der Waals surface area contributed by atoms with Crippen molar-refractivity contribution < 1.29 is 0 Å². The van der Waals surface area contributed by atoms with Crippen LogP contribution in [0.3, 0.4) is 0 Å². The van der Waals surface area contributed by atoms with Crippen LogP contribution in [-0.4, -0.2) is 18.1 Å². The van der Waals surface area contributed by atoms with Gasteiger partial charge in [0.25, 0.3) is 0 Å². The number of rotatable bonds is 1. The van der Waals surface area contributed by atoms with Gasteiger partial charge in [-0.15, -0.1) is 11.3 Å². The molecule has 0 saturated carbocycles. The molecule has 0 amide bonds. The summed E-state index contributed by atoms with van der Waals surface area (Å²) in [5.41, 5.74) is 0.444. The van der Waals surface area contributed by atoms with Gasteiger partial charge >= 0.3 is 0 Å². The second kappa shape index (κ2) is 5.27. The van der Waals surface area contributed by atoms with Crippen molar-refractivity contribution in [2.45, 2.75) is 40.0 Å². The van der Waals surface area contributed by atoms with Crippen LogP contribution in [0.25, 0.3) is 0 Å². The summed E-state index contributed by atoms with van der Waals surface area (Å²) in [4.78, 5) is 6.97. The number of hydrogen-bond donors (Lipinski definition) is 0. The van der Waals surface area contributed by atoms with Crippen LogP contribution in [-0.2, 0) is 0 Å². The van der Waals surface area contributed by atoms with Crippen LogP contribution in [0, 0.1) is 11.3 Å². The minimum Gasteiger partial charge on any atom is -0.348 e. The van der Waals surface area contributed by atoms with Gasteiger partial charge in [0.05, 0.1) is 0 Å². The zero-order chi connectivity index (χ0) is 12.5. The Balaban J connectivity index is 2.01. The lowest BCUT2D eigenvalue weighted by molar-refractivity contribution is 0.220. The number of anilines is 1. The molecule has 0 bridgehead atoms. The van der Waals surface area contributed by atoms with E-state index in [0.29, 0.717) is 5.41 Å². The Kier molecular flexibility index (Phi) is 4.14. The maximum atomic E-state index is 4.52. The minimum atomic E-state index is 0.444. The van der Waals surface area contributed by atoms with E-state index in [0.717, 1.165) is 23.6 Å². The van der Waals surface area contributed by atoms with Gasteiger partial charge < -0.3 is 4.90 Å². The average molecular weight is 317 g/mol. The summed E-state index contributed by atoms with van der Waals surface area (Å²) < 4.78 is 0.967. The van der Waals surface area contributed by atoms with Gasteiger partial charge in [-0.05, 0) is 46.5 Å². The average Bonchev–Trinajstić information content (AvgIpc) is 2.53. The van der Waals surface area contributed by atoms with E-state index < -0.39 is 0 Å². The summed E-state index contributed by atoms with van der Waals surface area (Å²) >= 11 is 5.18. The molecule has 1 atom stereocenters. The third-order valence-corrected chi connectivity index (χ3v) is 5.30. The smallest absolute Gasteiger partial charge is 0.186 e. The van der Waals surface area contributed by atoms with Crippen molar-refractivity contribution in [3.8, 4) is 0 Å². The van der Waals surface area contributed by atoms with Gasteiger partial charge in [0.1, 0.15) is 4.60 Å². The van der Waals surface area contributed by atoms with Crippen LogP contribution in [0.5, 0.6) is 0 Å². The fourth-order valence-electron chi connectivity index (χ4n) is 2.54. The molecule has 2 heterocycles. The molecule has 1 aromatic rings. The van der Waals surface area contributed by atoms with Crippen LogP contribution in [0.1, 0.15) is 40.0 Å². The maximum absolute atomic E-state index is 4.52. The number of hydrogen-bond acceptors (Lipinski definition) is 3. The van der Waals surface area contributed by atoms with Crippen molar-refractivity contribution in [3.63, 3.8) is 0 Å². The fourth-order valence-corrected chi connectivity index (χ4v) is 3.85. The molecule has 0 aliphatic carbocycles. The number of nitrogens with zero attached hydrogens (tertiary/aromatic N) is 2. The van der Waals surface area contributed by atoms with Crippen molar-refractivity contribution in [2.75, 3.05) is 18.0 Å². The first-order valence-corrected chi connectivity index (χ1v) is 8.00. The molecule has 0 radical (unpaired) electrons. The molecule has 1 fully saturated rings. The molecule has 17 heavy (non-hydrogen) atoms. The molecule has 1 aliphatic rings. The van der Waals surface area contributed by atoms with E-state index in [1.165, 1.54) is 24.4 Å². The first-order chi connectivity index (χ1) is 7.97. The predicted molar refractivity (Wildman–Crippen MR) is 78.8 cm³/mol. The lowest BCUT2D eigenvalue weighted by Crippen LogP contribution is -2.25. The molecule has 2 nitrogen and oxygen atoms in total. The van der Waals surface area contributed by atoms with E-state index in [1.54, 1.807) is 11.3 Å². The van der Waals surface area contributed by atoms with Crippen LogP contribution in [0.4, 0.5) is 5.13 Å². The Morgan fingerprint density at radius 1 is 1.35 bits per heavy atom. The first kappa shape index (κ1) is 13.3. The second-order valence-corrected chi connectivity index (χ2v) is 7.58. The molecule has 0 spiro atoms. The van der Waals surface area contributed by atoms with Crippen molar-refractivity contribution >= 4 is 32.4 Å². The van der Waals surface area contributed by atoms with Gasteiger partial charge in [0.15, 0.2) is 5.13 Å². The molecular weight excluding hydrogens is 296 g/mol. The molecule has 0 aromatic carbocycles. The summed E-state index contributed by atoms with van der Waals surface area (Å²) in [6.45, 7) is 9.42. The van der Waals surface area contributed by atoms with Crippen molar-refractivity contribution in [2.24, 2.45) is 11.3 Å². The van der Waals surface area contributed by atoms with Crippen molar-refractivity contribution in [1.29, 1.82) is 0 Å². The SMILES string of the molecule is CC(C)(C)C1CCCN(c2nc(Br)cs2)CC1. The van der Waals surface area contributed by atoms with Gasteiger partial charge in [0, 0.05) is 18.5 Å². The van der Waals surface area contributed by atoms with Crippen LogP contribution < -0.4 is 4.90 Å². The van der Waals surface area contributed by atoms with E-state index in [4.69, 9.17) is 0 Å². The fraction of sp³-hybridized carbons (Fsp3) is 0.769. The molecule has 96 valence electrons. The Morgan fingerprint density at radius 3 is 2.71 bits per heavy atom. The Morgan fingerprint density at radius 2 is 2.12 bits per heavy atom. The first-order valence-electron chi connectivity index (χ1n) is 6.33. The van der Waals surface area contributed by atoms with Gasteiger partial charge in [-0.2, -0.15) is 0 Å².